The zero-order valence-electron chi connectivity index (χ0n) is 4.64. The Morgan fingerprint density at radius 3 is 2.57 bits per heavy atom. The van der Waals surface area contributed by atoms with E-state index in [-0.39, 0.29) is 0 Å². The highest BCUT2D eigenvalue weighted by Gasteiger charge is 1.87. The minimum absolute atomic E-state index is 0.359. The van der Waals surface area contributed by atoms with Crippen LogP contribution in [0.5, 0.6) is 0 Å². The van der Waals surface area contributed by atoms with Crippen LogP contribution in [-0.2, 0) is 0 Å². The zero-order valence-corrected chi connectivity index (χ0v) is 5.46. The van der Waals surface area contributed by atoms with Gasteiger partial charge in [-0.1, -0.05) is 6.92 Å². The normalized spacial score (nSPS) is 12.3. The maximum Gasteiger partial charge on any atom is 0.0587 e. The summed E-state index contributed by atoms with van der Waals surface area (Å²) in [5, 5.41) is 2.33. The van der Waals surface area contributed by atoms with E-state index in [1.165, 1.54) is 0 Å². The molecule has 0 fully saturated rings. The number of hydrogen-bond donors (Lipinski definition) is 0. The van der Waals surface area contributed by atoms with Crippen LogP contribution in [-0.4, -0.2) is 11.2 Å². The van der Waals surface area contributed by atoms with Gasteiger partial charge in [0.25, 0.3) is 0 Å². The Kier molecular flexibility index (Phi) is 3.86. The first-order valence-corrected chi connectivity index (χ1v) is 2.79. The van der Waals surface area contributed by atoms with E-state index in [1.807, 2.05) is 6.92 Å². The van der Waals surface area contributed by atoms with Gasteiger partial charge in [0.05, 0.1) is 11.2 Å². The molecule has 0 spiro atoms. The molecule has 0 aromatic carbocycles. The highest BCUT2D eigenvalue weighted by atomic mass is 32.1. The molecule has 1 nitrogen and oxygen atoms in total. The van der Waals surface area contributed by atoms with Crippen molar-refractivity contribution in [2.75, 3.05) is 0 Å². The fourth-order valence-corrected chi connectivity index (χ4v) is 0.361. The van der Waals surface area contributed by atoms with Crippen molar-refractivity contribution in [3.05, 3.63) is 0 Å². The molecule has 0 bridgehead atoms. The van der Waals surface area contributed by atoms with Crippen molar-refractivity contribution in [1.82, 2.24) is 0 Å². The Labute approximate surface area is 49.5 Å². The standard InChI is InChI=1S/C5H9NS/c1-3-5(2)6-4-7/h5H,3H2,1-2H3/t5-/m1/s1. The predicted octanol–water partition coefficient (Wildman–Crippen LogP) is 1.89. The van der Waals surface area contributed by atoms with E-state index < -0.39 is 0 Å². The molecule has 1 atom stereocenters. The van der Waals surface area contributed by atoms with E-state index in [0.717, 1.165) is 6.42 Å². The van der Waals surface area contributed by atoms with Crippen molar-refractivity contribution in [1.29, 1.82) is 0 Å². The summed E-state index contributed by atoms with van der Waals surface area (Å²) in [5.41, 5.74) is 0. The minimum Gasteiger partial charge on any atom is -0.229 e. The van der Waals surface area contributed by atoms with Gasteiger partial charge >= 0.3 is 0 Å². The Bertz CT molecular complexity index is 84.1. The summed E-state index contributed by atoms with van der Waals surface area (Å²) in [6.07, 6.45) is 1.05. The lowest BCUT2D eigenvalue weighted by Gasteiger charge is -1.92. The van der Waals surface area contributed by atoms with Gasteiger partial charge in [0.15, 0.2) is 0 Å². The number of rotatable bonds is 2. The maximum atomic E-state index is 4.38. The van der Waals surface area contributed by atoms with Crippen LogP contribution >= 0.6 is 12.2 Å². The summed E-state index contributed by atoms with van der Waals surface area (Å²) in [6.45, 7) is 4.08. The number of nitrogens with zero attached hydrogens (tertiary/aromatic N) is 1. The lowest BCUT2D eigenvalue weighted by Crippen LogP contribution is -1.91. The molecule has 0 aromatic heterocycles. The second kappa shape index (κ2) is 3.97. The second-order valence-electron chi connectivity index (χ2n) is 1.48. The molecular formula is C5H9NS. The Morgan fingerprint density at radius 2 is 2.43 bits per heavy atom. The van der Waals surface area contributed by atoms with E-state index >= 15 is 0 Å². The lowest BCUT2D eigenvalue weighted by molar-refractivity contribution is 0.722. The summed E-state index contributed by atoms with van der Waals surface area (Å²) in [6, 6.07) is 0.359. The van der Waals surface area contributed by atoms with Gasteiger partial charge in [-0.3, -0.25) is 0 Å². The average molecular weight is 115 g/mol. The van der Waals surface area contributed by atoms with E-state index in [2.05, 4.69) is 29.3 Å². The summed E-state index contributed by atoms with van der Waals surface area (Å²) in [4.78, 5) is 3.81. The molecular weight excluding hydrogens is 106 g/mol. The van der Waals surface area contributed by atoms with Gasteiger partial charge in [-0.2, -0.15) is 0 Å². The SMILES string of the molecule is CC[C@@H](C)N=C=S. The molecule has 0 aliphatic carbocycles. The fraction of sp³-hybridized carbons (Fsp3) is 0.800. The largest absolute Gasteiger partial charge is 0.229 e. The Balaban J connectivity index is 3.35. The number of isothiocyanates is 1. The first-order valence-electron chi connectivity index (χ1n) is 2.38. The van der Waals surface area contributed by atoms with Crippen LogP contribution in [0.3, 0.4) is 0 Å². The molecule has 0 unspecified atom stereocenters. The fourth-order valence-electron chi connectivity index (χ4n) is 0.181. The van der Waals surface area contributed by atoms with E-state index in [0.29, 0.717) is 6.04 Å². The summed E-state index contributed by atoms with van der Waals surface area (Å²) in [7, 11) is 0. The third kappa shape index (κ3) is 3.64. The Hall–Kier alpha value is -0.200. The highest BCUT2D eigenvalue weighted by Crippen LogP contribution is 1.90. The van der Waals surface area contributed by atoms with Crippen LogP contribution < -0.4 is 0 Å². The lowest BCUT2D eigenvalue weighted by atomic mass is 10.3. The van der Waals surface area contributed by atoms with Crippen LogP contribution in [0, 0.1) is 0 Å². The Morgan fingerprint density at radius 1 is 1.86 bits per heavy atom. The molecule has 40 valence electrons. The van der Waals surface area contributed by atoms with Gasteiger partial charge in [0, 0.05) is 0 Å². The van der Waals surface area contributed by atoms with Gasteiger partial charge in [-0.15, -0.1) is 0 Å². The molecule has 7 heavy (non-hydrogen) atoms. The molecule has 0 aliphatic heterocycles. The summed E-state index contributed by atoms with van der Waals surface area (Å²) < 4.78 is 0. The van der Waals surface area contributed by atoms with Crippen LogP contribution in [0.4, 0.5) is 0 Å². The van der Waals surface area contributed by atoms with E-state index in [9.17, 15) is 0 Å². The van der Waals surface area contributed by atoms with Crippen molar-refractivity contribution >= 4 is 17.4 Å². The van der Waals surface area contributed by atoms with Crippen molar-refractivity contribution in [3.8, 4) is 0 Å². The number of hydrogen-bond acceptors (Lipinski definition) is 2. The first kappa shape index (κ1) is 6.80. The van der Waals surface area contributed by atoms with Gasteiger partial charge in [-0.25, -0.2) is 4.99 Å². The first-order chi connectivity index (χ1) is 3.31. The van der Waals surface area contributed by atoms with Crippen molar-refractivity contribution in [3.63, 3.8) is 0 Å². The predicted molar refractivity (Wildman–Crippen MR) is 34.8 cm³/mol. The van der Waals surface area contributed by atoms with Crippen LogP contribution in [0.15, 0.2) is 4.99 Å². The second-order valence-corrected chi connectivity index (χ2v) is 1.66. The number of thiocarbonyl (C=S) groups is 1. The maximum absolute atomic E-state index is 4.38. The monoisotopic (exact) mass is 115 g/mol. The topological polar surface area (TPSA) is 12.4 Å². The summed E-state index contributed by atoms with van der Waals surface area (Å²) in [5.74, 6) is 0. The average Bonchev–Trinajstić information content (AvgIpc) is 1.68. The van der Waals surface area contributed by atoms with Gasteiger partial charge in [-0.05, 0) is 25.6 Å². The van der Waals surface area contributed by atoms with E-state index in [1.54, 1.807) is 0 Å². The van der Waals surface area contributed by atoms with Crippen LogP contribution in [0.2, 0.25) is 0 Å². The highest BCUT2D eigenvalue weighted by molar-refractivity contribution is 7.78. The number of aliphatic imine (C=N–C) groups is 1. The van der Waals surface area contributed by atoms with Crippen molar-refractivity contribution in [2.45, 2.75) is 26.3 Å². The van der Waals surface area contributed by atoms with Gasteiger partial charge < -0.3 is 0 Å². The molecule has 0 aliphatic rings. The molecule has 0 N–H and O–H groups in total. The zero-order chi connectivity index (χ0) is 5.70. The smallest absolute Gasteiger partial charge is 0.0587 e. The van der Waals surface area contributed by atoms with E-state index in [4.69, 9.17) is 0 Å². The van der Waals surface area contributed by atoms with Crippen LogP contribution in [0.25, 0.3) is 0 Å². The van der Waals surface area contributed by atoms with Crippen LogP contribution in [0.1, 0.15) is 20.3 Å². The molecule has 0 saturated heterocycles. The molecule has 0 saturated carbocycles. The molecule has 0 amide bonds. The summed E-state index contributed by atoms with van der Waals surface area (Å²) >= 11 is 4.38. The van der Waals surface area contributed by atoms with Gasteiger partial charge in [0.2, 0.25) is 0 Å². The van der Waals surface area contributed by atoms with Crippen molar-refractivity contribution < 1.29 is 0 Å². The quantitative estimate of drug-likeness (QED) is 0.395. The third-order valence-electron chi connectivity index (χ3n) is 0.864. The molecule has 0 aromatic rings. The molecule has 0 rings (SSSR count). The molecule has 2 heteroatoms. The van der Waals surface area contributed by atoms with Crippen molar-refractivity contribution in [2.24, 2.45) is 4.99 Å². The third-order valence-corrected chi connectivity index (χ3v) is 0.969. The minimum atomic E-state index is 0.359. The van der Waals surface area contributed by atoms with Gasteiger partial charge in [0.1, 0.15) is 0 Å². The molecule has 0 heterocycles. The molecule has 0 radical (unpaired) electrons.